The van der Waals surface area contributed by atoms with Gasteiger partial charge in [-0.2, -0.15) is 0 Å². The normalized spacial score (nSPS) is 18.8. The lowest BCUT2D eigenvalue weighted by Gasteiger charge is -2.10. The van der Waals surface area contributed by atoms with Crippen molar-refractivity contribution >= 4 is 16.9 Å². The number of carbonyl (C=O) groups is 1. The van der Waals surface area contributed by atoms with Gasteiger partial charge < -0.3 is 14.6 Å². The number of carbonyl (C=O) groups excluding carboxylic acids is 1. The van der Waals surface area contributed by atoms with E-state index in [1.54, 1.807) is 0 Å². The third-order valence-electron chi connectivity index (χ3n) is 5.08. The van der Waals surface area contributed by atoms with Gasteiger partial charge in [-0.1, -0.05) is 31.2 Å². The number of nitrogens with zero attached hydrogens (tertiary/aromatic N) is 2. The maximum Gasteiger partial charge on any atom is 0.255 e. The van der Waals surface area contributed by atoms with Gasteiger partial charge in [0.05, 0.1) is 23.1 Å². The first-order valence-corrected chi connectivity index (χ1v) is 8.54. The molecule has 1 N–H and O–H groups in total. The molecule has 1 aromatic heterocycles. The van der Waals surface area contributed by atoms with Gasteiger partial charge in [-0.15, -0.1) is 0 Å². The summed E-state index contributed by atoms with van der Waals surface area (Å²) in [5.41, 5.74) is 3.68. The number of para-hydroxylation sites is 3. The van der Waals surface area contributed by atoms with Gasteiger partial charge in [0, 0.05) is 18.5 Å². The maximum atomic E-state index is 12.7. The van der Waals surface area contributed by atoms with Gasteiger partial charge in [0.1, 0.15) is 17.7 Å². The molecule has 0 spiro atoms. The van der Waals surface area contributed by atoms with E-state index in [2.05, 4.69) is 17.2 Å². The molecule has 0 bridgehead atoms. The Morgan fingerprint density at radius 3 is 2.80 bits per heavy atom. The van der Waals surface area contributed by atoms with Crippen molar-refractivity contribution in [1.29, 1.82) is 0 Å². The van der Waals surface area contributed by atoms with Crippen LogP contribution in [0.25, 0.3) is 11.0 Å². The number of hydrogen-bond donors (Lipinski definition) is 1. The van der Waals surface area contributed by atoms with Crippen LogP contribution in [0.1, 0.15) is 41.5 Å². The molecule has 5 heteroatoms. The maximum absolute atomic E-state index is 12.7. The highest BCUT2D eigenvalue weighted by Gasteiger charge is 2.31. The van der Waals surface area contributed by atoms with Crippen LogP contribution in [-0.4, -0.2) is 21.6 Å². The smallest absolute Gasteiger partial charge is 0.255 e. The van der Waals surface area contributed by atoms with E-state index in [-0.39, 0.29) is 12.0 Å². The molecule has 1 aliphatic heterocycles. The van der Waals surface area contributed by atoms with Crippen LogP contribution in [0, 0.1) is 0 Å². The van der Waals surface area contributed by atoms with E-state index in [4.69, 9.17) is 4.74 Å². The summed E-state index contributed by atoms with van der Waals surface area (Å²) in [4.78, 5) is 17.3. The Labute approximate surface area is 146 Å². The van der Waals surface area contributed by atoms with E-state index in [9.17, 15) is 4.79 Å². The number of fused-ring (bicyclic) bond motifs is 2. The molecule has 0 aliphatic carbocycles. The predicted molar refractivity (Wildman–Crippen MR) is 96.8 cm³/mol. The van der Waals surface area contributed by atoms with Crippen LogP contribution in [0.3, 0.4) is 0 Å². The fourth-order valence-electron chi connectivity index (χ4n) is 3.37. The zero-order valence-corrected chi connectivity index (χ0v) is 14.6. The van der Waals surface area contributed by atoms with Gasteiger partial charge >= 0.3 is 0 Å². The van der Waals surface area contributed by atoms with Gasteiger partial charge in [-0.05, 0) is 25.1 Å². The van der Waals surface area contributed by atoms with Crippen molar-refractivity contribution in [1.82, 2.24) is 14.9 Å². The second-order valence-electron chi connectivity index (χ2n) is 6.59. The van der Waals surface area contributed by atoms with Crippen molar-refractivity contribution in [3.8, 4) is 5.75 Å². The largest absolute Gasteiger partial charge is 0.489 e. The fourth-order valence-corrected chi connectivity index (χ4v) is 3.37. The number of nitrogens with one attached hydrogen (secondary N) is 1. The van der Waals surface area contributed by atoms with Crippen molar-refractivity contribution in [2.45, 2.75) is 32.4 Å². The second-order valence-corrected chi connectivity index (χ2v) is 6.59. The van der Waals surface area contributed by atoms with Gasteiger partial charge in [-0.3, -0.25) is 4.79 Å². The van der Waals surface area contributed by atoms with Crippen molar-refractivity contribution in [2.75, 3.05) is 0 Å². The summed E-state index contributed by atoms with van der Waals surface area (Å²) in [5, 5.41) is 2.97. The van der Waals surface area contributed by atoms with Crippen molar-refractivity contribution < 1.29 is 9.53 Å². The molecule has 0 saturated heterocycles. The number of aryl methyl sites for hydroxylation is 1. The summed E-state index contributed by atoms with van der Waals surface area (Å²) in [6, 6.07) is 13.7. The van der Waals surface area contributed by atoms with E-state index in [0.717, 1.165) is 22.4 Å². The summed E-state index contributed by atoms with van der Waals surface area (Å²) in [5.74, 6) is 1.70. The van der Waals surface area contributed by atoms with Crippen LogP contribution in [-0.2, 0) is 13.6 Å². The van der Waals surface area contributed by atoms with Gasteiger partial charge in [0.2, 0.25) is 0 Å². The Bertz CT molecular complexity index is 961. The summed E-state index contributed by atoms with van der Waals surface area (Å²) in [6.07, 6.45) is 0.0868. The standard InChI is InChI=1S/C20H21N3O2/c1-12-13(2)25-19-14(12)7-6-8-15(19)20(24)21-11-18-22-16-9-4-5-10-17(16)23(18)3/h4-10,12-13H,11H2,1-3H3,(H,21,24)/t12-,13-/m0/s1. The fraction of sp³-hybridized carbons (Fsp3) is 0.300. The predicted octanol–water partition coefficient (Wildman–Crippen LogP) is 3.39. The molecule has 4 rings (SSSR count). The Morgan fingerprint density at radius 1 is 1.20 bits per heavy atom. The number of benzene rings is 2. The minimum atomic E-state index is -0.134. The topological polar surface area (TPSA) is 56.1 Å². The zero-order chi connectivity index (χ0) is 17.6. The summed E-state index contributed by atoms with van der Waals surface area (Å²) >= 11 is 0. The van der Waals surface area contributed by atoms with Crippen LogP contribution in [0.4, 0.5) is 0 Å². The molecule has 25 heavy (non-hydrogen) atoms. The number of rotatable bonds is 3. The minimum absolute atomic E-state index is 0.0868. The molecule has 0 fully saturated rings. The summed E-state index contributed by atoms with van der Waals surface area (Å²) < 4.78 is 7.92. The third-order valence-corrected chi connectivity index (χ3v) is 5.08. The van der Waals surface area contributed by atoms with Gasteiger partial charge in [0.25, 0.3) is 5.91 Å². The Kier molecular flexibility index (Phi) is 3.71. The highest BCUT2D eigenvalue weighted by Crippen LogP contribution is 2.40. The number of hydrogen-bond acceptors (Lipinski definition) is 3. The minimum Gasteiger partial charge on any atom is -0.489 e. The van der Waals surface area contributed by atoms with Crippen molar-refractivity contribution in [3.63, 3.8) is 0 Å². The first-order valence-electron chi connectivity index (χ1n) is 8.54. The number of amides is 1. The molecular weight excluding hydrogens is 314 g/mol. The number of imidazole rings is 1. The van der Waals surface area contributed by atoms with Crippen LogP contribution in [0.2, 0.25) is 0 Å². The molecule has 1 amide bonds. The molecule has 0 unspecified atom stereocenters. The van der Waals surface area contributed by atoms with Gasteiger partial charge in [-0.25, -0.2) is 4.98 Å². The lowest BCUT2D eigenvalue weighted by Crippen LogP contribution is -2.25. The number of ether oxygens (including phenoxy) is 1. The highest BCUT2D eigenvalue weighted by molar-refractivity contribution is 5.97. The molecule has 2 aromatic carbocycles. The van der Waals surface area contributed by atoms with E-state index in [1.807, 2.05) is 61.0 Å². The summed E-state index contributed by atoms with van der Waals surface area (Å²) in [6.45, 7) is 4.53. The third kappa shape index (κ3) is 2.56. The monoisotopic (exact) mass is 335 g/mol. The average Bonchev–Trinajstić information content (AvgIpc) is 3.10. The molecule has 0 radical (unpaired) electrons. The Hall–Kier alpha value is -2.82. The first-order chi connectivity index (χ1) is 12.1. The second kappa shape index (κ2) is 5.92. The van der Waals surface area contributed by atoms with Crippen molar-refractivity contribution in [3.05, 3.63) is 59.4 Å². The van der Waals surface area contributed by atoms with E-state index in [0.29, 0.717) is 23.8 Å². The molecule has 2 heterocycles. The lowest BCUT2D eigenvalue weighted by molar-refractivity contribution is 0.0944. The average molecular weight is 335 g/mol. The molecule has 3 aromatic rings. The lowest BCUT2D eigenvalue weighted by atomic mass is 9.97. The molecule has 0 saturated carbocycles. The van der Waals surface area contributed by atoms with Crippen LogP contribution >= 0.6 is 0 Å². The van der Waals surface area contributed by atoms with Crippen molar-refractivity contribution in [2.24, 2.45) is 7.05 Å². The van der Waals surface area contributed by atoms with Crippen LogP contribution in [0.15, 0.2) is 42.5 Å². The SMILES string of the molecule is C[C@@H]1Oc2c(C(=O)NCc3nc4ccccc4n3C)cccc2[C@H]1C. The Morgan fingerprint density at radius 2 is 2.00 bits per heavy atom. The summed E-state index contributed by atoms with van der Waals surface area (Å²) in [7, 11) is 1.96. The zero-order valence-electron chi connectivity index (χ0n) is 14.6. The molecule has 128 valence electrons. The van der Waals surface area contributed by atoms with E-state index >= 15 is 0 Å². The van der Waals surface area contributed by atoms with Gasteiger partial charge in [0.15, 0.2) is 0 Å². The molecule has 1 aliphatic rings. The Balaban J connectivity index is 1.56. The van der Waals surface area contributed by atoms with Crippen LogP contribution < -0.4 is 10.1 Å². The molecular formula is C20H21N3O2. The number of aromatic nitrogens is 2. The van der Waals surface area contributed by atoms with E-state index in [1.165, 1.54) is 0 Å². The highest BCUT2D eigenvalue weighted by atomic mass is 16.5. The molecule has 5 nitrogen and oxygen atoms in total. The first kappa shape index (κ1) is 15.7. The van der Waals surface area contributed by atoms with E-state index < -0.39 is 0 Å². The van der Waals surface area contributed by atoms with Crippen LogP contribution in [0.5, 0.6) is 5.75 Å². The molecule has 2 atom stereocenters. The quantitative estimate of drug-likeness (QED) is 0.798.